The Morgan fingerprint density at radius 3 is 0.875 bits per heavy atom. The molecule has 0 radical (unpaired) electrons. The Bertz CT molecular complexity index is 342. The van der Waals surface area contributed by atoms with Crippen molar-refractivity contribution in [2.24, 2.45) is 5.92 Å². The Balaban J connectivity index is 5.39. The quantitative estimate of drug-likeness (QED) is 0.333. The Kier molecular flexibility index (Phi) is 4.00. The summed E-state index contributed by atoms with van der Waals surface area (Å²) in [6.07, 6.45) is 0. The average molecular weight is 232 g/mol. The van der Waals surface area contributed by atoms with E-state index in [0.29, 0.717) is 0 Å². The lowest BCUT2D eigenvalue weighted by atomic mass is 9.94. The highest BCUT2D eigenvalue weighted by Gasteiger charge is 2.44. The van der Waals surface area contributed by atoms with Gasteiger partial charge in [-0.1, -0.05) is 0 Å². The van der Waals surface area contributed by atoms with E-state index in [0.717, 1.165) is 0 Å². The molecular weight excluding hydrogens is 228 g/mol. The number of aliphatic carboxylic acids is 3. The molecule has 0 aliphatic rings. The highest BCUT2D eigenvalue weighted by Crippen LogP contribution is 2.04. The van der Waals surface area contributed by atoms with Gasteiger partial charge >= 0.3 is 17.9 Å². The van der Waals surface area contributed by atoms with Crippen LogP contribution in [0, 0.1) is 5.92 Å². The molecule has 0 spiro atoms. The molecule has 0 heterocycles. The second-order valence-electron chi connectivity index (χ2n) is 2.44. The molecule has 0 atom stereocenters. The van der Waals surface area contributed by atoms with Crippen LogP contribution >= 0.6 is 0 Å². The molecule has 9 heteroatoms. The smallest absolute Gasteiger partial charge is 0.373 e. The van der Waals surface area contributed by atoms with E-state index in [1.807, 2.05) is 0 Å². The van der Waals surface area contributed by atoms with Crippen LogP contribution in [-0.4, -0.2) is 50.6 Å². The first-order valence-electron chi connectivity index (χ1n) is 3.51. The molecule has 0 amide bonds. The fourth-order valence-corrected chi connectivity index (χ4v) is 0.728. The molecule has 0 rings (SSSR count). The Morgan fingerprint density at radius 1 is 0.562 bits per heavy atom. The number of carboxylic acid groups (broad SMARTS) is 3. The fourth-order valence-electron chi connectivity index (χ4n) is 0.728. The van der Waals surface area contributed by atoms with Crippen LogP contribution in [0.4, 0.5) is 0 Å². The van der Waals surface area contributed by atoms with Gasteiger partial charge in [-0.3, -0.25) is 14.4 Å². The zero-order chi connectivity index (χ0) is 13.0. The maximum atomic E-state index is 10.8. The maximum absolute atomic E-state index is 10.8. The van der Waals surface area contributed by atoms with Gasteiger partial charge in [-0.25, -0.2) is 14.4 Å². The molecule has 0 aromatic rings. The van der Waals surface area contributed by atoms with Crippen molar-refractivity contribution in [3.8, 4) is 0 Å². The Labute approximate surface area is 86.3 Å². The van der Waals surface area contributed by atoms with Gasteiger partial charge in [-0.05, 0) is 0 Å². The van der Waals surface area contributed by atoms with Gasteiger partial charge in [0.1, 0.15) is 0 Å². The van der Waals surface area contributed by atoms with E-state index in [-0.39, 0.29) is 0 Å². The summed E-state index contributed by atoms with van der Waals surface area (Å²) in [5, 5.41) is 24.5. The number of carbonyl (C=O) groups excluding carboxylic acids is 3. The van der Waals surface area contributed by atoms with Gasteiger partial charge in [0.25, 0.3) is 17.3 Å². The Morgan fingerprint density at radius 2 is 0.750 bits per heavy atom. The van der Waals surface area contributed by atoms with Crippen LogP contribution in [0.25, 0.3) is 0 Å². The number of rotatable bonds is 6. The predicted octanol–water partition coefficient (Wildman–Crippen LogP) is -2.44. The second-order valence-corrected chi connectivity index (χ2v) is 2.44. The minimum atomic E-state index is -2.85. The van der Waals surface area contributed by atoms with Crippen LogP contribution < -0.4 is 0 Å². The number of ketones is 3. The molecule has 0 fully saturated rings. The van der Waals surface area contributed by atoms with Crippen molar-refractivity contribution in [1.82, 2.24) is 0 Å². The molecule has 0 saturated heterocycles. The second kappa shape index (κ2) is 4.77. The fraction of sp³-hybridized carbons (Fsp3) is 0.143. The van der Waals surface area contributed by atoms with Crippen molar-refractivity contribution in [2.75, 3.05) is 0 Å². The number of carboxylic acids is 3. The largest absolute Gasteiger partial charge is 0.475 e. The highest BCUT2D eigenvalue weighted by molar-refractivity contribution is 6.58. The number of carbonyl (C=O) groups is 6. The van der Waals surface area contributed by atoms with Gasteiger partial charge in [0.05, 0.1) is 0 Å². The molecule has 0 unspecified atom stereocenters. The average Bonchev–Trinajstić information content (AvgIpc) is 2.16. The zero-order valence-electron chi connectivity index (χ0n) is 7.37. The lowest BCUT2D eigenvalue weighted by Gasteiger charge is -2.04. The minimum absolute atomic E-state index is 2.10. The van der Waals surface area contributed by atoms with Crippen molar-refractivity contribution in [3.63, 3.8) is 0 Å². The van der Waals surface area contributed by atoms with Gasteiger partial charge in [0.15, 0.2) is 5.92 Å². The van der Waals surface area contributed by atoms with Gasteiger partial charge in [-0.2, -0.15) is 0 Å². The summed E-state index contributed by atoms with van der Waals surface area (Å²) in [5.41, 5.74) is 0. The van der Waals surface area contributed by atoms with Crippen LogP contribution in [-0.2, 0) is 28.8 Å². The third-order valence-corrected chi connectivity index (χ3v) is 1.42. The lowest BCUT2D eigenvalue weighted by Crippen LogP contribution is -2.42. The number of Topliss-reactive ketones (excluding diaryl/α,β-unsaturated/α-hetero) is 3. The molecule has 9 nitrogen and oxygen atoms in total. The minimum Gasteiger partial charge on any atom is -0.475 e. The molecule has 0 bridgehead atoms. The van der Waals surface area contributed by atoms with E-state index in [1.54, 1.807) is 0 Å². The first kappa shape index (κ1) is 13.4. The van der Waals surface area contributed by atoms with Crippen molar-refractivity contribution < 1.29 is 44.1 Å². The predicted molar refractivity (Wildman–Crippen MR) is 41.4 cm³/mol. The van der Waals surface area contributed by atoms with E-state index in [4.69, 9.17) is 15.3 Å². The molecule has 0 saturated carbocycles. The van der Waals surface area contributed by atoms with E-state index >= 15 is 0 Å². The molecule has 0 aromatic carbocycles. The summed E-state index contributed by atoms with van der Waals surface area (Å²) < 4.78 is 0. The third-order valence-electron chi connectivity index (χ3n) is 1.42. The van der Waals surface area contributed by atoms with Crippen LogP contribution in [0.3, 0.4) is 0 Å². The number of hydrogen-bond acceptors (Lipinski definition) is 6. The Hall–Kier alpha value is -2.58. The van der Waals surface area contributed by atoms with Gasteiger partial charge < -0.3 is 15.3 Å². The normalized spacial score (nSPS) is 9.56. The summed E-state index contributed by atoms with van der Waals surface area (Å²) in [6, 6.07) is 0. The third kappa shape index (κ3) is 2.70. The lowest BCUT2D eigenvalue weighted by molar-refractivity contribution is -0.163. The van der Waals surface area contributed by atoms with E-state index < -0.39 is 41.2 Å². The van der Waals surface area contributed by atoms with Crippen LogP contribution in [0.2, 0.25) is 0 Å². The van der Waals surface area contributed by atoms with Crippen molar-refractivity contribution in [3.05, 3.63) is 0 Å². The van der Waals surface area contributed by atoms with E-state index in [2.05, 4.69) is 0 Å². The molecule has 0 aliphatic heterocycles. The molecule has 3 N–H and O–H groups in total. The van der Waals surface area contributed by atoms with Gasteiger partial charge in [0.2, 0.25) is 0 Å². The van der Waals surface area contributed by atoms with Gasteiger partial charge in [-0.15, -0.1) is 0 Å². The van der Waals surface area contributed by atoms with Crippen molar-refractivity contribution >= 4 is 35.3 Å². The topological polar surface area (TPSA) is 163 Å². The monoisotopic (exact) mass is 232 g/mol. The summed E-state index contributed by atoms with van der Waals surface area (Å²) in [5.74, 6) is -16.0. The van der Waals surface area contributed by atoms with E-state index in [1.165, 1.54) is 0 Å². The van der Waals surface area contributed by atoms with Gasteiger partial charge in [0, 0.05) is 0 Å². The molecule has 16 heavy (non-hydrogen) atoms. The van der Waals surface area contributed by atoms with E-state index in [9.17, 15) is 28.8 Å². The first-order chi connectivity index (χ1) is 7.20. The summed E-state index contributed by atoms with van der Waals surface area (Å²) in [4.78, 5) is 62.8. The van der Waals surface area contributed by atoms with Crippen molar-refractivity contribution in [1.29, 1.82) is 0 Å². The number of hydrogen-bond donors (Lipinski definition) is 3. The SMILES string of the molecule is O=C(O)C(=O)C(C(=O)C(=O)O)C(=O)C(=O)O. The summed E-state index contributed by atoms with van der Waals surface area (Å²) in [6.45, 7) is 0. The van der Waals surface area contributed by atoms with Crippen molar-refractivity contribution in [2.45, 2.75) is 0 Å². The zero-order valence-corrected chi connectivity index (χ0v) is 7.37. The summed E-state index contributed by atoms with van der Waals surface area (Å²) >= 11 is 0. The molecule has 0 aliphatic carbocycles. The first-order valence-corrected chi connectivity index (χ1v) is 3.51. The molecular formula is C7H4O9. The highest BCUT2D eigenvalue weighted by atomic mass is 16.4. The summed E-state index contributed by atoms with van der Waals surface area (Å²) in [7, 11) is 0. The maximum Gasteiger partial charge on any atom is 0.373 e. The van der Waals surface area contributed by atoms with Crippen LogP contribution in [0.1, 0.15) is 0 Å². The van der Waals surface area contributed by atoms with Crippen LogP contribution in [0.5, 0.6) is 0 Å². The molecule has 86 valence electrons. The van der Waals surface area contributed by atoms with Crippen LogP contribution in [0.15, 0.2) is 0 Å². The standard InChI is InChI=1S/C7H4O9/c8-2(5(11)12)1(3(9)6(13)14)4(10)7(15)16/h1H,(H,11,12)(H,13,14)(H,15,16). The molecule has 0 aromatic heterocycles.